The Balaban J connectivity index is 1.96. The number of hydrogen-bond donors (Lipinski definition) is 2. The van der Waals surface area contributed by atoms with Crippen molar-refractivity contribution in [1.29, 1.82) is 0 Å². The third-order valence-corrected chi connectivity index (χ3v) is 3.85. The van der Waals surface area contributed by atoms with E-state index in [4.69, 9.17) is 23.2 Å². The highest BCUT2D eigenvalue weighted by Gasteiger charge is 2.09. The Morgan fingerprint density at radius 3 is 2.70 bits per heavy atom. The molecule has 1 amide bonds. The van der Waals surface area contributed by atoms with Crippen LogP contribution in [-0.2, 0) is 0 Å². The molecule has 0 radical (unpaired) electrons. The Hall–Kier alpha value is -1.78. The molecule has 0 saturated heterocycles. The van der Waals surface area contributed by atoms with E-state index in [1.165, 1.54) is 19.0 Å². The molecule has 1 heterocycles. The van der Waals surface area contributed by atoms with Crippen molar-refractivity contribution in [2.75, 3.05) is 17.2 Å². The molecule has 0 spiro atoms. The van der Waals surface area contributed by atoms with E-state index in [0.717, 1.165) is 18.8 Å². The molecular formula is C17H19Cl2N3O. The number of amides is 1. The zero-order valence-corrected chi connectivity index (χ0v) is 14.4. The number of nitrogens with one attached hydrogen (secondary N) is 2. The molecule has 122 valence electrons. The van der Waals surface area contributed by atoms with E-state index in [9.17, 15) is 4.79 Å². The quantitative estimate of drug-likeness (QED) is 0.670. The van der Waals surface area contributed by atoms with Gasteiger partial charge in [0.1, 0.15) is 5.82 Å². The van der Waals surface area contributed by atoms with E-state index < -0.39 is 0 Å². The van der Waals surface area contributed by atoms with Crippen LogP contribution in [0.15, 0.2) is 36.5 Å². The zero-order valence-electron chi connectivity index (χ0n) is 12.9. The number of halogens is 2. The van der Waals surface area contributed by atoms with Crippen LogP contribution in [0.5, 0.6) is 0 Å². The summed E-state index contributed by atoms with van der Waals surface area (Å²) in [6.45, 7) is 3.04. The maximum atomic E-state index is 12.2. The van der Waals surface area contributed by atoms with Crippen LogP contribution < -0.4 is 10.6 Å². The number of benzene rings is 1. The van der Waals surface area contributed by atoms with Gasteiger partial charge in [-0.1, -0.05) is 43.0 Å². The fourth-order valence-corrected chi connectivity index (χ4v) is 2.35. The number of nitrogens with zero attached hydrogens (tertiary/aromatic N) is 1. The summed E-state index contributed by atoms with van der Waals surface area (Å²) in [7, 11) is 0. The fourth-order valence-electron chi connectivity index (χ4n) is 2.01. The van der Waals surface area contributed by atoms with Crippen molar-refractivity contribution < 1.29 is 4.79 Å². The molecule has 0 aliphatic rings. The van der Waals surface area contributed by atoms with Crippen molar-refractivity contribution in [3.8, 4) is 0 Å². The van der Waals surface area contributed by atoms with Crippen LogP contribution in [0.2, 0.25) is 10.0 Å². The average Bonchev–Trinajstić information content (AvgIpc) is 2.55. The van der Waals surface area contributed by atoms with Gasteiger partial charge in [-0.15, -0.1) is 0 Å². The van der Waals surface area contributed by atoms with Crippen molar-refractivity contribution >= 4 is 40.6 Å². The first-order valence-corrected chi connectivity index (χ1v) is 8.32. The lowest BCUT2D eigenvalue weighted by molar-refractivity contribution is 0.102. The van der Waals surface area contributed by atoms with E-state index in [0.29, 0.717) is 21.3 Å². The molecule has 1 aromatic carbocycles. The second kappa shape index (κ2) is 8.75. The first-order chi connectivity index (χ1) is 11.1. The maximum absolute atomic E-state index is 12.2. The van der Waals surface area contributed by atoms with Gasteiger partial charge in [-0.2, -0.15) is 0 Å². The van der Waals surface area contributed by atoms with E-state index in [1.54, 1.807) is 30.3 Å². The molecule has 0 aliphatic carbocycles. The molecule has 0 bridgehead atoms. The summed E-state index contributed by atoms with van der Waals surface area (Å²) < 4.78 is 0. The van der Waals surface area contributed by atoms with Gasteiger partial charge in [0.15, 0.2) is 0 Å². The highest BCUT2D eigenvalue weighted by Crippen LogP contribution is 2.25. The average molecular weight is 352 g/mol. The summed E-state index contributed by atoms with van der Waals surface area (Å²) in [6, 6.07) is 8.43. The molecule has 0 saturated carbocycles. The Morgan fingerprint density at radius 1 is 1.17 bits per heavy atom. The van der Waals surface area contributed by atoms with Gasteiger partial charge in [0, 0.05) is 17.8 Å². The summed E-state index contributed by atoms with van der Waals surface area (Å²) in [5.41, 5.74) is 0.936. The molecule has 2 rings (SSSR count). The minimum absolute atomic E-state index is 0.279. The summed E-state index contributed by atoms with van der Waals surface area (Å²) in [5.74, 6) is 0.484. The Labute approximate surface area is 146 Å². The first kappa shape index (κ1) is 17.6. The van der Waals surface area contributed by atoms with Crippen LogP contribution in [-0.4, -0.2) is 17.4 Å². The molecule has 4 nitrogen and oxygen atoms in total. The number of hydrogen-bond acceptors (Lipinski definition) is 3. The first-order valence-electron chi connectivity index (χ1n) is 7.56. The van der Waals surface area contributed by atoms with Gasteiger partial charge in [-0.05, 0) is 36.8 Å². The van der Waals surface area contributed by atoms with Gasteiger partial charge in [0.05, 0.1) is 16.3 Å². The molecule has 23 heavy (non-hydrogen) atoms. The molecule has 0 aliphatic heterocycles. The molecule has 2 N–H and O–H groups in total. The second-order valence-corrected chi connectivity index (χ2v) is 5.99. The smallest absolute Gasteiger partial charge is 0.257 e. The van der Waals surface area contributed by atoms with Crippen LogP contribution in [0.1, 0.15) is 36.5 Å². The lowest BCUT2D eigenvalue weighted by Gasteiger charge is -2.09. The van der Waals surface area contributed by atoms with E-state index >= 15 is 0 Å². The second-order valence-electron chi connectivity index (χ2n) is 5.14. The van der Waals surface area contributed by atoms with E-state index in [2.05, 4.69) is 22.5 Å². The molecular weight excluding hydrogens is 333 g/mol. The van der Waals surface area contributed by atoms with Gasteiger partial charge >= 0.3 is 0 Å². The molecule has 2 aromatic rings. The number of carbonyl (C=O) groups excluding carboxylic acids is 1. The Bertz CT molecular complexity index is 659. The van der Waals surface area contributed by atoms with Crippen LogP contribution in [0, 0.1) is 0 Å². The molecule has 0 fully saturated rings. The van der Waals surface area contributed by atoms with Crippen LogP contribution in [0.4, 0.5) is 11.5 Å². The minimum Gasteiger partial charge on any atom is -0.370 e. The summed E-state index contributed by atoms with van der Waals surface area (Å²) >= 11 is 11.9. The lowest BCUT2D eigenvalue weighted by atomic mass is 10.2. The Morgan fingerprint density at radius 2 is 2.00 bits per heavy atom. The number of unbranched alkanes of at least 4 members (excludes halogenated alkanes) is 2. The maximum Gasteiger partial charge on any atom is 0.257 e. The summed E-state index contributed by atoms with van der Waals surface area (Å²) in [4.78, 5) is 16.5. The van der Waals surface area contributed by atoms with Crippen molar-refractivity contribution in [3.05, 3.63) is 52.1 Å². The molecule has 6 heteroatoms. The minimum atomic E-state index is -0.279. The van der Waals surface area contributed by atoms with Crippen molar-refractivity contribution in [2.24, 2.45) is 0 Å². The number of carbonyl (C=O) groups is 1. The highest BCUT2D eigenvalue weighted by atomic mass is 35.5. The van der Waals surface area contributed by atoms with Gasteiger partial charge < -0.3 is 10.6 Å². The fraction of sp³-hybridized carbons (Fsp3) is 0.294. The van der Waals surface area contributed by atoms with E-state index in [-0.39, 0.29) is 5.91 Å². The largest absolute Gasteiger partial charge is 0.370 e. The molecule has 0 unspecified atom stereocenters. The number of anilines is 2. The number of rotatable bonds is 7. The normalized spacial score (nSPS) is 10.4. The predicted molar refractivity (Wildman–Crippen MR) is 96.7 cm³/mol. The third-order valence-electron chi connectivity index (χ3n) is 3.29. The lowest BCUT2D eigenvalue weighted by Crippen LogP contribution is -2.13. The Kier molecular flexibility index (Phi) is 6.68. The summed E-state index contributed by atoms with van der Waals surface area (Å²) in [5, 5.41) is 6.91. The van der Waals surface area contributed by atoms with Crippen molar-refractivity contribution in [2.45, 2.75) is 26.2 Å². The summed E-state index contributed by atoms with van der Waals surface area (Å²) in [6.07, 6.45) is 5.01. The van der Waals surface area contributed by atoms with Gasteiger partial charge in [0.25, 0.3) is 5.91 Å². The van der Waals surface area contributed by atoms with Crippen LogP contribution in [0.25, 0.3) is 0 Å². The standard InChI is InChI=1S/C17H19Cl2N3O/c1-2-3-4-9-20-16-8-5-12(11-21-16)17(23)22-15-10-13(18)6-7-14(15)19/h5-8,10-11H,2-4,9H2,1H3,(H,20,21)(H,22,23). The molecule has 1 aromatic heterocycles. The van der Waals surface area contributed by atoms with Gasteiger partial charge in [-0.3, -0.25) is 4.79 Å². The number of aromatic nitrogens is 1. The van der Waals surface area contributed by atoms with E-state index in [1.807, 2.05) is 0 Å². The molecule has 0 atom stereocenters. The van der Waals surface area contributed by atoms with Crippen molar-refractivity contribution in [3.63, 3.8) is 0 Å². The predicted octanol–water partition coefficient (Wildman–Crippen LogP) is 5.24. The van der Waals surface area contributed by atoms with Crippen LogP contribution >= 0.6 is 23.2 Å². The van der Waals surface area contributed by atoms with Gasteiger partial charge in [-0.25, -0.2) is 4.98 Å². The monoisotopic (exact) mass is 351 g/mol. The SMILES string of the molecule is CCCCCNc1ccc(C(=O)Nc2cc(Cl)ccc2Cl)cn1. The van der Waals surface area contributed by atoms with Crippen molar-refractivity contribution in [1.82, 2.24) is 4.98 Å². The third kappa shape index (κ3) is 5.41. The zero-order chi connectivity index (χ0) is 16.7. The highest BCUT2D eigenvalue weighted by molar-refractivity contribution is 6.35. The van der Waals surface area contributed by atoms with Gasteiger partial charge in [0.2, 0.25) is 0 Å². The number of pyridine rings is 1. The topological polar surface area (TPSA) is 54.0 Å². The van der Waals surface area contributed by atoms with Crippen LogP contribution in [0.3, 0.4) is 0 Å².